The molecule has 0 aliphatic carbocycles. The van der Waals surface area contributed by atoms with Gasteiger partial charge >= 0.3 is 0 Å². The van der Waals surface area contributed by atoms with E-state index in [0.29, 0.717) is 23.7 Å². The van der Waals surface area contributed by atoms with E-state index < -0.39 is 10.2 Å². The molecule has 6 nitrogen and oxygen atoms in total. The Kier molecular flexibility index (Phi) is 5.31. The van der Waals surface area contributed by atoms with Crippen molar-refractivity contribution < 1.29 is 13.2 Å². The number of rotatable bonds is 6. The van der Waals surface area contributed by atoms with Gasteiger partial charge in [-0.3, -0.25) is 9.52 Å². The number of nitrogens with two attached hydrogens (primary N) is 1. The van der Waals surface area contributed by atoms with Crippen LogP contribution >= 0.6 is 0 Å². The van der Waals surface area contributed by atoms with E-state index in [-0.39, 0.29) is 5.91 Å². The SMILES string of the molecule is CC(C)CCC(=O)Nc1cccc(NS(N)(=O)=O)c1. The highest BCUT2D eigenvalue weighted by Crippen LogP contribution is 2.16. The van der Waals surface area contributed by atoms with Crippen LogP contribution in [-0.4, -0.2) is 14.3 Å². The van der Waals surface area contributed by atoms with E-state index in [4.69, 9.17) is 5.14 Å². The van der Waals surface area contributed by atoms with Crippen LogP contribution in [0.4, 0.5) is 11.4 Å². The molecule has 106 valence electrons. The fraction of sp³-hybridized carbons (Fsp3) is 0.417. The van der Waals surface area contributed by atoms with Gasteiger partial charge in [-0.25, -0.2) is 5.14 Å². The lowest BCUT2D eigenvalue weighted by molar-refractivity contribution is -0.116. The maximum absolute atomic E-state index is 11.6. The number of hydrogen-bond acceptors (Lipinski definition) is 3. The third-order valence-corrected chi connectivity index (χ3v) is 2.88. The van der Waals surface area contributed by atoms with Crippen molar-refractivity contribution in [1.82, 2.24) is 0 Å². The van der Waals surface area contributed by atoms with Crippen LogP contribution in [0.15, 0.2) is 24.3 Å². The molecular formula is C12H19N3O3S. The minimum Gasteiger partial charge on any atom is -0.326 e. The second-order valence-electron chi connectivity index (χ2n) is 4.71. The van der Waals surface area contributed by atoms with Crippen molar-refractivity contribution in [2.45, 2.75) is 26.7 Å². The zero-order valence-electron chi connectivity index (χ0n) is 11.0. The van der Waals surface area contributed by atoms with Gasteiger partial charge in [0, 0.05) is 12.1 Å². The van der Waals surface area contributed by atoms with E-state index in [0.717, 1.165) is 6.42 Å². The number of hydrogen-bond donors (Lipinski definition) is 3. The first-order valence-corrected chi connectivity index (χ1v) is 7.51. The Morgan fingerprint density at radius 1 is 1.32 bits per heavy atom. The predicted octanol–water partition coefficient (Wildman–Crippen LogP) is 1.68. The van der Waals surface area contributed by atoms with Gasteiger partial charge in [-0.05, 0) is 30.5 Å². The first-order valence-electron chi connectivity index (χ1n) is 5.97. The Bertz CT molecular complexity index is 541. The molecule has 19 heavy (non-hydrogen) atoms. The number of anilines is 2. The molecular weight excluding hydrogens is 266 g/mol. The van der Waals surface area contributed by atoms with Crippen molar-refractivity contribution in [3.8, 4) is 0 Å². The van der Waals surface area contributed by atoms with Crippen molar-refractivity contribution in [3.05, 3.63) is 24.3 Å². The Morgan fingerprint density at radius 2 is 1.95 bits per heavy atom. The smallest absolute Gasteiger partial charge is 0.296 e. The summed E-state index contributed by atoms with van der Waals surface area (Å²) >= 11 is 0. The number of nitrogens with one attached hydrogen (secondary N) is 2. The fourth-order valence-electron chi connectivity index (χ4n) is 1.47. The van der Waals surface area contributed by atoms with Crippen LogP contribution in [0.25, 0.3) is 0 Å². The van der Waals surface area contributed by atoms with Gasteiger partial charge in [0.2, 0.25) is 5.91 Å². The number of carbonyl (C=O) groups is 1. The molecule has 0 atom stereocenters. The second-order valence-corrected chi connectivity index (χ2v) is 6.00. The van der Waals surface area contributed by atoms with Gasteiger partial charge in [-0.2, -0.15) is 8.42 Å². The van der Waals surface area contributed by atoms with Crippen LogP contribution in [0.2, 0.25) is 0 Å². The molecule has 4 N–H and O–H groups in total. The Balaban J connectivity index is 2.64. The lowest BCUT2D eigenvalue weighted by Gasteiger charge is -2.09. The van der Waals surface area contributed by atoms with Crippen LogP contribution in [0.1, 0.15) is 26.7 Å². The van der Waals surface area contributed by atoms with E-state index in [2.05, 4.69) is 10.0 Å². The van der Waals surface area contributed by atoms with Crippen LogP contribution in [0.3, 0.4) is 0 Å². The molecule has 1 aromatic carbocycles. The number of benzene rings is 1. The summed E-state index contributed by atoms with van der Waals surface area (Å²) in [5.74, 6) is 0.364. The predicted molar refractivity (Wildman–Crippen MR) is 75.9 cm³/mol. The van der Waals surface area contributed by atoms with E-state index in [1.165, 1.54) is 6.07 Å². The summed E-state index contributed by atoms with van der Waals surface area (Å²) in [5.41, 5.74) is 0.839. The maximum atomic E-state index is 11.6. The summed E-state index contributed by atoms with van der Waals surface area (Å²) in [7, 11) is -3.81. The van der Waals surface area contributed by atoms with Crippen molar-refractivity contribution in [2.24, 2.45) is 11.1 Å². The van der Waals surface area contributed by atoms with Crippen molar-refractivity contribution >= 4 is 27.5 Å². The summed E-state index contributed by atoms with van der Waals surface area (Å²) in [5, 5.41) is 7.58. The molecule has 1 amide bonds. The molecule has 0 fully saturated rings. The van der Waals surface area contributed by atoms with Gasteiger partial charge < -0.3 is 5.32 Å². The topological polar surface area (TPSA) is 101 Å². The zero-order chi connectivity index (χ0) is 14.5. The molecule has 0 radical (unpaired) electrons. The summed E-state index contributed by atoms with van der Waals surface area (Å²) in [6.45, 7) is 4.09. The van der Waals surface area contributed by atoms with Crippen LogP contribution in [-0.2, 0) is 15.0 Å². The summed E-state index contributed by atoms with van der Waals surface area (Å²) in [4.78, 5) is 11.6. The summed E-state index contributed by atoms with van der Waals surface area (Å²) < 4.78 is 23.9. The second kappa shape index (κ2) is 6.53. The molecule has 0 saturated carbocycles. The zero-order valence-corrected chi connectivity index (χ0v) is 11.8. The van der Waals surface area contributed by atoms with Gasteiger partial charge in [0.05, 0.1) is 5.69 Å². The normalized spacial score (nSPS) is 11.4. The Hall–Kier alpha value is -1.60. The monoisotopic (exact) mass is 285 g/mol. The third kappa shape index (κ3) is 6.78. The highest BCUT2D eigenvalue weighted by molar-refractivity contribution is 7.90. The maximum Gasteiger partial charge on any atom is 0.296 e. The summed E-state index contributed by atoms with van der Waals surface area (Å²) in [6, 6.07) is 6.37. The molecule has 1 aromatic rings. The van der Waals surface area contributed by atoms with E-state index >= 15 is 0 Å². The van der Waals surface area contributed by atoms with Crippen LogP contribution in [0.5, 0.6) is 0 Å². The highest BCUT2D eigenvalue weighted by atomic mass is 32.2. The Labute approximate surface area is 113 Å². The number of carbonyl (C=O) groups excluding carboxylic acids is 1. The first-order chi connectivity index (χ1) is 8.76. The highest BCUT2D eigenvalue weighted by Gasteiger charge is 2.06. The van der Waals surface area contributed by atoms with Gasteiger partial charge in [0.1, 0.15) is 0 Å². The third-order valence-electron chi connectivity index (χ3n) is 2.36. The summed E-state index contributed by atoms with van der Waals surface area (Å²) in [6.07, 6.45) is 1.24. The quantitative estimate of drug-likeness (QED) is 0.741. The van der Waals surface area contributed by atoms with Crippen molar-refractivity contribution in [3.63, 3.8) is 0 Å². The lowest BCUT2D eigenvalue weighted by atomic mass is 10.1. The van der Waals surface area contributed by atoms with Gasteiger partial charge in [-0.1, -0.05) is 19.9 Å². The molecule has 0 aromatic heterocycles. The molecule has 0 spiro atoms. The lowest BCUT2D eigenvalue weighted by Crippen LogP contribution is -2.21. The van der Waals surface area contributed by atoms with E-state index in [1.807, 2.05) is 13.8 Å². The van der Waals surface area contributed by atoms with Crippen LogP contribution < -0.4 is 15.2 Å². The van der Waals surface area contributed by atoms with Gasteiger partial charge in [-0.15, -0.1) is 0 Å². The minimum absolute atomic E-state index is 0.0959. The minimum atomic E-state index is -3.81. The molecule has 7 heteroatoms. The molecule has 1 rings (SSSR count). The average molecular weight is 285 g/mol. The molecule has 0 heterocycles. The largest absolute Gasteiger partial charge is 0.326 e. The molecule has 0 aliphatic rings. The Morgan fingerprint density at radius 3 is 2.53 bits per heavy atom. The average Bonchev–Trinajstić information content (AvgIpc) is 2.24. The molecule has 0 bridgehead atoms. The van der Waals surface area contributed by atoms with Crippen molar-refractivity contribution in [2.75, 3.05) is 10.0 Å². The standard InChI is InChI=1S/C12H19N3O3S/c1-9(2)6-7-12(16)14-10-4-3-5-11(8-10)15-19(13,17)18/h3-5,8-9,15H,6-7H2,1-2H3,(H,14,16)(H2,13,17,18). The first kappa shape index (κ1) is 15.5. The van der Waals surface area contributed by atoms with Gasteiger partial charge in [0.25, 0.3) is 10.2 Å². The van der Waals surface area contributed by atoms with E-state index in [1.54, 1.807) is 18.2 Å². The molecule has 0 aliphatic heterocycles. The van der Waals surface area contributed by atoms with Crippen molar-refractivity contribution in [1.29, 1.82) is 0 Å². The van der Waals surface area contributed by atoms with E-state index in [9.17, 15) is 13.2 Å². The number of amides is 1. The van der Waals surface area contributed by atoms with Crippen LogP contribution in [0, 0.1) is 5.92 Å². The molecule has 0 unspecified atom stereocenters. The fourth-order valence-corrected chi connectivity index (χ4v) is 1.92. The molecule has 0 saturated heterocycles. The van der Waals surface area contributed by atoms with Gasteiger partial charge in [0.15, 0.2) is 0 Å².